The number of carbonyl (C=O) groups excluding carboxylic acids is 1. The molecular formula is C15H13ClN4OS. The van der Waals surface area contributed by atoms with Crippen molar-refractivity contribution in [2.24, 2.45) is 5.92 Å². The van der Waals surface area contributed by atoms with Gasteiger partial charge < -0.3 is 5.32 Å². The summed E-state index contributed by atoms with van der Waals surface area (Å²) in [4.78, 5) is 17.0. The number of anilines is 1. The van der Waals surface area contributed by atoms with Crippen molar-refractivity contribution in [1.82, 2.24) is 14.6 Å². The average molecular weight is 333 g/mol. The van der Waals surface area contributed by atoms with E-state index in [1.807, 2.05) is 12.3 Å². The highest BCUT2D eigenvalue weighted by Gasteiger charge is 2.33. The fraction of sp³-hybridized carbons (Fsp3) is 0.267. The van der Waals surface area contributed by atoms with Gasteiger partial charge in [-0.2, -0.15) is 5.10 Å². The lowest BCUT2D eigenvalue weighted by Gasteiger charge is -2.29. The van der Waals surface area contributed by atoms with Crippen LogP contribution in [0.2, 0.25) is 5.02 Å². The molecule has 112 valence electrons. The maximum atomic E-state index is 12.8. The minimum Gasteiger partial charge on any atom is -0.374 e. The molecule has 4 heterocycles. The molecule has 22 heavy (non-hydrogen) atoms. The molecule has 4 rings (SSSR count). The Morgan fingerprint density at radius 1 is 1.55 bits per heavy atom. The maximum Gasteiger partial charge on any atom is 0.188 e. The van der Waals surface area contributed by atoms with Crippen molar-refractivity contribution in [3.63, 3.8) is 0 Å². The Morgan fingerprint density at radius 2 is 2.41 bits per heavy atom. The Labute approximate surface area is 135 Å². The van der Waals surface area contributed by atoms with E-state index < -0.39 is 0 Å². The second-order valence-corrected chi connectivity index (χ2v) is 6.84. The summed E-state index contributed by atoms with van der Waals surface area (Å²) < 4.78 is 1.55. The van der Waals surface area contributed by atoms with Crippen molar-refractivity contribution < 1.29 is 4.79 Å². The number of hydrogen-bond donors (Lipinski definition) is 1. The van der Waals surface area contributed by atoms with Crippen LogP contribution in [0.25, 0.3) is 5.65 Å². The van der Waals surface area contributed by atoms with Crippen molar-refractivity contribution in [2.45, 2.75) is 19.4 Å². The number of halogens is 1. The number of aromatic nitrogens is 3. The first-order chi connectivity index (χ1) is 10.6. The standard InChI is InChI=1S/C15H13ClN4OS/c1-8-11(4-9-2-3-22-15(9)18-8)14(21)12-5-13-17-6-10(16)7-20(13)19-12/h2-3,5-8,11,18H,4H2,1H3. The molecule has 0 aromatic carbocycles. The summed E-state index contributed by atoms with van der Waals surface area (Å²) in [5, 5.41) is 11.4. The quantitative estimate of drug-likeness (QED) is 0.731. The Kier molecular flexibility index (Phi) is 3.16. The van der Waals surface area contributed by atoms with Crippen molar-refractivity contribution in [2.75, 3.05) is 5.32 Å². The minimum atomic E-state index is -0.123. The van der Waals surface area contributed by atoms with E-state index in [-0.39, 0.29) is 17.7 Å². The molecule has 0 fully saturated rings. The van der Waals surface area contributed by atoms with Crippen molar-refractivity contribution in [1.29, 1.82) is 0 Å². The molecular weight excluding hydrogens is 320 g/mol. The first-order valence-corrected chi connectivity index (χ1v) is 8.25. The Hall–Kier alpha value is -1.92. The van der Waals surface area contributed by atoms with E-state index in [1.54, 1.807) is 34.3 Å². The maximum absolute atomic E-state index is 12.8. The van der Waals surface area contributed by atoms with Crippen LogP contribution in [0.5, 0.6) is 0 Å². The fourth-order valence-electron chi connectivity index (χ4n) is 2.83. The van der Waals surface area contributed by atoms with Crippen molar-refractivity contribution >= 4 is 39.4 Å². The molecule has 2 unspecified atom stereocenters. The van der Waals surface area contributed by atoms with Gasteiger partial charge in [-0.15, -0.1) is 11.3 Å². The van der Waals surface area contributed by atoms with Gasteiger partial charge in [0.25, 0.3) is 0 Å². The lowest BCUT2D eigenvalue weighted by molar-refractivity contribution is 0.0901. The zero-order valence-electron chi connectivity index (χ0n) is 11.8. The summed E-state index contributed by atoms with van der Waals surface area (Å²) in [5.74, 6) is -0.0824. The number of ketones is 1. The molecule has 0 radical (unpaired) electrons. The first kappa shape index (κ1) is 13.7. The summed E-state index contributed by atoms with van der Waals surface area (Å²) in [6.45, 7) is 2.04. The van der Waals surface area contributed by atoms with Gasteiger partial charge in [0.2, 0.25) is 0 Å². The van der Waals surface area contributed by atoms with E-state index in [9.17, 15) is 4.79 Å². The molecule has 0 saturated heterocycles. The molecule has 0 aliphatic carbocycles. The Morgan fingerprint density at radius 3 is 3.27 bits per heavy atom. The Balaban J connectivity index is 1.68. The van der Waals surface area contributed by atoms with Crippen LogP contribution in [0, 0.1) is 5.92 Å². The second-order valence-electron chi connectivity index (χ2n) is 5.49. The summed E-state index contributed by atoms with van der Waals surface area (Å²) in [6.07, 6.45) is 3.95. The minimum absolute atomic E-state index is 0.0403. The Bertz CT molecular complexity index is 871. The van der Waals surface area contributed by atoms with Crippen LogP contribution in [0.4, 0.5) is 5.00 Å². The molecule has 0 bridgehead atoms. The number of Topliss-reactive ketones (excluding diaryl/α,β-unsaturated/α-hetero) is 1. The third-order valence-electron chi connectivity index (χ3n) is 4.02. The summed E-state index contributed by atoms with van der Waals surface area (Å²) in [6, 6.07) is 3.87. The van der Waals surface area contributed by atoms with Crippen molar-refractivity contribution in [3.05, 3.63) is 46.2 Å². The first-order valence-electron chi connectivity index (χ1n) is 7.00. The third kappa shape index (κ3) is 2.19. The molecule has 0 amide bonds. The van der Waals surface area contributed by atoms with Crippen molar-refractivity contribution in [3.8, 4) is 0 Å². The molecule has 7 heteroatoms. The lowest BCUT2D eigenvalue weighted by Crippen LogP contribution is -2.37. The van der Waals surface area contributed by atoms with Crippen LogP contribution >= 0.6 is 22.9 Å². The van der Waals surface area contributed by atoms with Gasteiger partial charge >= 0.3 is 0 Å². The smallest absolute Gasteiger partial charge is 0.188 e. The monoisotopic (exact) mass is 332 g/mol. The van der Waals surface area contributed by atoms with Crippen LogP contribution < -0.4 is 5.32 Å². The normalized spacial score (nSPS) is 20.6. The van der Waals surface area contributed by atoms with Gasteiger partial charge in [0.15, 0.2) is 11.4 Å². The molecule has 1 aliphatic rings. The van der Waals surface area contributed by atoms with E-state index in [1.165, 1.54) is 10.6 Å². The van der Waals surface area contributed by atoms with Crippen LogP contribution in [0.3, 0.4) is 0 Å². The second kappa shape index (κ2) is 5.07. The molecule has 2 atom stereocenters. The zero-order chi connectivity index (χ0) is 15.3. The number of rotatable bonds is 2. The van der Waals surface area contributed by atoms with E-state index in [0.29, 0.717) is 16.4 Å². The van der Waals surface area contributed by atoms with Gasteiger partial charge in [-0.05, 0) is 30.4 Å². The van der Waals surface area contributed by atoms with Gasteiger partial charge in [0.05, 0.1) is 16.2 Å². The van der Waals surface area contributed by atoms with Gasteiger partial charge in [0, 0.05) is 24.2 Å². The number of nitrogens with one attached hydrogen (secondary N) is 1. The molecule has 1 aliphatic heterocycles. The van der Waals surface area contributed by atoms with Crippen LogP contribution in [-0.4, -0.2) is 26.4 Å². The van der Waals surface area contributed by atoms with Crippen LogP contribution in [0.1, 0.15) is 23.0 Å². The van der Waals surface area contributed by atoms with Gasteiger partial charge in [-0.1, -0.05) is 11.6 Å². The van der Waals surface area contributed by atoms with Gasteiger partial charge in [-0.25, -0.2) is 9.50 Å². The molecule has 5 nitrogen and oxygen atoms in total. The summed E-state index contributed by atoms with van der Waals surface area (Å²) >= 11 is 7.58. The van der Waals surface area contributed by atoms with E-state index in [0.717, 1.165) is 6.42 Å². The molecule has 3 aromatic rings. The number of nitrogens with zero attached hydrogens (tertiary/aromatic N) is 3. The van der Waals surface area contributed by atoms with Crippen LogP contribution in [0.15, 0.2) is 29.9 Å². The number of fused-ring (bicyclic) bond motifs is 2. The van der Waals surface area contributed by atoms with E-state index >= 15 is 0 Å². The lowest BCUT2D eigenvalue weighted by atomic mass is 9.86. The summed E-state index contributed by atoms with van der Waals surface area (Å²) in [5.41, 5.74) is 2.26. The molecule has 0 spiro atoms. The third-order valence-corrected chi connectivity index (χ3v) is 5.10. The fourth-order valence-corrected chi connectivity index (χ4v) is 3.89. The van der Waals surface area contributed by atoms with Gasteiger partial charge in [0.1, 0.15) is 5.69 Å². The highest BCUT2D eigenvalue weighted by atomic mass is 35.5. The van der Waals surface area contributed by atoms with E-state index in [4.69, 9.17) is 11.6 Å². The van der Waals surface area contributed by atoms with Gasteiger partial charge in [-0.3, -0.25) is 4.79 Å². The number of thiophene rings is 1. The molecule has 0 saturated carbocycles. The zero-order valence-corrected chi connectivity index (χ0v) is 13.4. The SMILES string of the molecule is CC1Nc2sccc2CC1C(=O)c1cc2ncc(Cl)cn2n1. The predicted molar refractivity (Wildman–Crippen MR) is 86.9 cm³/mol. The largest absolute Gasteiger partial charge is 0.374 e. The number of carbonyl (C=O) groups is 1. The van der Waals surface area contributed by atoms with E-state index in [2.05, 4.69) is 21.5 Å². The highest BCUT2D eigenvalue weighted by Crippen LogP contribution is 2.34. The topological polar surface area (TPSA) is 59.3 Å². The molecule has 1 N–H and O–H groups in total. The predicted octanol–water partition coefficient (Wildman–Crippen LogP) is 3.30. The number of hydrogen-bond acceptors (Lipinski definition) is 5. The molecule has 3 aromatic heterocycles. The average Bonchev–Trinajstić information content (AvgIpc) is 3.10. The summed E-state index contributed by atoms with van der Waals surface area (Å²) in [7, 11) is 0. The highest BCUT2D eigenvalue weighted by molar-refractivity contribution is 7.14. The van der Waals surface area contributed by atoms with Crippen LogP contribution in [-0.2, 0) is 6.42 Å².